The topological polar surface area (TPSA) is 90.9 Å². The van der Waals surface area contributed by atoms with Gasteiger partial charge in [-0.2, -0.15) is 0 Å². The van der Waals surface area contributed by atoms with Gasteiger partial charge in [0.15, 0.2) is 0 Å². The molecule has 0 aliphatic rings. The van der Waals surface area contributed by atoms with Crippen LogP contribution >= 0.6 is 0 Å². The first-order valence-corrected chi connectivity index (χ1v) is 6.67. The van der Waals surface area contributed by atoms with Crippen LogP contribution in [0.3, 0.4) is 0 Å². The Morgan fingerprint density at radius 1 is 1.00 bits per heavy atom. The van der Waals surface area contributed by atoms with Gasteiger partial charge in [0.2, 0.25) is 5.43 Å². The fourth-order valence-corrected chi connectivity index (χ4v) is 2.33. The quantitative estimate of drug-likeness (QED) is 0.642. The molecule has 0 atom stereocenters. The third-order valence-corrected chi connectivity index (χ3v) is 3.79. The third-order valence-electron chi connectivity index (χ3n) is 3.79. The Kier molecular flexibility index (Phi) is 3.06. The molecule has 5 nitrogen and oxygen atoms in total. The van der Waals surface area contributed by atoms with Crippen molar-refractivity contribution in [1.82, 2.24) is 0 Å². The number of rotatable bonds is 1. The van der Waals surface area contributed by atoms with E-state index in [-0.39, 0.29) is 39.3 Å². The van der Waals surface area contributed by atoms with Gasteiger partial charge in [0.25, 0.3) is 0 Å². The minimum Gasteiger partial charge on any atom is -0.508 e. The summed E-state index contributed by atoms with van der Waals surface area (Å²) in [5.41, 5.74) is 1.30. The second kappa shape index (κ2) is 4.80. The van der Waals surface area contributed by atoms with Gasteiger partial charge in [-0.25, -0.2) is 0 Å². The number of aryl methyl sites for hydroxylation is 1. The molecule has 5 heteroatoms. The van der Waals surface area contributed by atoms with Crippen molar-refractivity contribution in [2.24, 2.45) is 0 Å². The minimum absolute atomic E-state index is 0.00728. The molecular weight excluding hydrogens is 284 g/mol. The van der Waals surface area contributed by atoms with Crippen molar-refractivity contribution in [3.05, 3.63) is 51.9 Å². The summed E-state index contributed by atoms with van der Waals surface area (Å²) in [5.74, 6) is -0.376. The van der Waals surface area contributed by atoms with Crippen molar-refractivity contribution in [3.8, 4) is 28.4 Å². The summed E-state index contributed by atoms with van der Waals surface area (Å²) < 4.78 is 5.36. The molecule has 0 aliphatic carbocycles. The van der Waals surface area contributed by atoms with E-state index in [1.807, 2.05) is 0 Å². The average molecular weight is 298 g/mol. The van der Waals surface area contributed by atoms with E-state index in [1.165, 1.54) is 25.3 Å². The third kappa shape index (κ3) is 1.98. The van der Waals surface area contributed by atoms with Crippen LogP contribution in [0.1, 0.15) is 11.1 Å². The maximum Gasteiger partial charge on any atom is 0.204 e. The number of phenolic OH excluding ortho intramolecular Hbond substituents is 3. The van der Waals surface area contributed by atoms with Crippen molar-refractivity contribution in [2.75, 3.05) is 0 Å². The van der Waals surface area contributed by atoms with Crippen molar-refractivity contribution in [3.63, 3.8) is 0 Å². The van der Waals surface area contributed by atoms with Crippen LogP contribution in [0.25, 0.3) is 22.1 Å². The highest BCUT2D eigenvalue weighted by Crippen LogP contribution is 2.34. The molecule has 0 aliphatic heterocycles. The smallest absolute Gasteiger partial charge is 0.204 e. The molecule has 1 aromatic heterocycles. The van der Waals surface area contributed by atoms with Gasteiger partial charge in [0.1, 0.15) is 34.5 Å². The van der Waals surface area contributed by atoms with E-state index >= 15 is 0 Å². The lowest BCUT2D eigenvalue weighted by Crippen LogP contribution is -2.05. The number of fused-ring (bicyclic) bond motifs is 1. The van der Waals surface area contributed by atoms with Gasteiger partial charge in [-0.05, 0) is 31.0 Å². The Balaban J connectivity index is 2.35. The lowest BCUT2D eigenvalue weighted by atomic mass is 10.0. The Morgan fingerprint density at radius 3 is 2.41 bits per heavy atom. The molecule has 2 aromatic carbocycles. The Morgan fingerprint density at radius 2 is 1.73 bits per heavy atom. The van der Waals surface area contributed by atoms with Gasteiger partial charge in [-0.3, -0.25) is 4.79 Å². The Bertz CT molecular complexity index is 953. The molecule has 0 bridgehead atoms. The first kappa shape index (κ1) is 14.0. The van der Waals surface area contributed by atoms with E-state index in [4.69, 9.17) is 4.42 Å². The standard InChI is InChI=1S/C17H14O5/c1-8-3-4-10(5-12(8)18)11-7-22-14-6-13(19)9(2)16(20)15(14)17(11)21/h3-7,18-20H,1-2H3. The summed E-state index contributed by atoms with van der Waals surface area (Å²) in [5, 5.41) is 29.6. The molecule has 0 amide bonds. The number of benzene rings is 2. The zero-order chi connectivity index (χ0) is 16.0. The first-order valence-electron chi connectivity index (χ1n) is 6.67. The highest BCUT2D eigenvalue weighted by Gasteiger charge is 2.17. The van der Waals surface area contributed by atoms with Gasteiger partial charge in [-0.1, -0.05) is 12.1 Å². The molecule has 0 saturated carbocycles. The highest BCUT2D eigenvalue weighted by atomic mass is 16.3. The fraction of sp³-hybridized carbons (Fsp3) is 0.118. The summed E-state index contributed by atoms with van der Waals surface area (Å²) in [4.78, 5) is 12.6. The molecule has 0 radical (unpaired) electrons. The maximum atomic E-state index is 12.6. The van der Waals surface area contributed by atoms with Crippen LogP contribution in [0.5, 0.6) is 17.2 Å². The SMILES string of the molecule is Cc1ccc(-c2coc3cc(O)c(C)c(O)c3c2=O)cc1O. The second-order valence-corrected chi connectivity index (χ2v) is 5.22. The average Bonchev–Trinajstić information content (AvgIpc) is 2.48. The Hall–Kier alpha value is -2.95. The maximum absolute atomic E-state index is 12.6. The molecule has 0 unspecified atom stereocenters. The van der Waals surface area contributed by atoms with Gasteiger partial charge in [-0.15, -0.1) is 0 Å². The molecule has 0 saturated heterocycles. The van der Waals surface area contributed by atoms with Crippen molar-refractivity contribution in [2.45, 2.75) is 13.8 Å². The molecule has 3 aromatic rings. The zero-order valence-corrected chi connectivity index (χ0v) is 12.0. The second-order valence-electron chi connectivity index (χ2n) is 5.22. The van der Waals surface area contributed by atoms with Crippen molar-refractivity contribution < 1.29 is 19.7 Å². The van der Waals surface area contributed by atoms with E-state index in [2.05, 4.69) is 0 Å². The predicted molar refractivity (Wildman–Crippen MR) is 82.4 cm³/mol. The molecule has 3 N–H and O–H groups in total. The first-order chi connectivity index (χ1) is 10.4. The van der Waals surface area contributed by atoms with E-state index in [0.717, 1.165) is 0 Å². The van der Waals surface area contributed by atoms with E-state index in [1.54, 1.807) is 19.1 Å². The summed E-state index contributed by atoms with van der Waals surface area (Å²) in [6.45, 7) is 3.26. The van der Waals surface area contributed by atoms with Gasteiger partial charge in [0.05, 0.1) is 5.56 Å². The van der Waals surface area contributed by atoms with Crippen LogP contribution in [0.4, 0.5) is 0 Å². The molecular formula is C17H14O5. The van der Waals surface area contributed by atoms with Crippen LogP contribution in [0.15, 0.2) is 39.7 Å². The lowest BCUT2D eigenvalue weighted by Gasteiger charge is -2.08. The Labute approximate surface area is 125 Å². The van der Waals surface area contributed by atoms with E-state index in [9.17, 15) is 20.1 Å². The number of phenols is 3. The normalized spacial score (nSPS) is 11.0. The zero-order valence-electron chi connectivity index (χ0n) is 12.0. The lowest BCUT2D eigenvalue weighted by molar-refractivity contribution is 0.445. The number of hydrogen-bond donors (Lipinski definition) is 3. The molecule has 3 rings (SSSR count). The van der Waals surface area contributed by atoms with Crippen molar-refractivity contribution in [1.29, 1.82) is 0 Å². The van der Waals surface area contributed by atoms with E-state index in [0.29, 0.717) is 11.1 Å². The molecule has 0 spiro atoms. The van der Waals surface area contributed by atoms with E-state index < -0.39 is 5.43 Å². The van der Waals surface area contributed by atoms with Crippen LogP contribution in [-0.4, -0.2) is 15.3 Å². The molecule has 112 valence electrons. The summed E-state index contributed by atoms with van der Waals surface area (Å²) in [7, 11) is 0. The van der Waals surface area contributed by atoms with Crippen LogP contribution in [-0.2, 0) is 0 Å². The highest BCUT2D eigenvalue weighted by molar-refractivity contribution is 5.89. The number of hydrogen-bond acceptors (Lipinski definition) is 5. The van der Waals surface area contributed by atoms with Gasteiger partial charge >= 0.3 is 0 Å². The summed E-state index contributed by atoms with van der Waals surface area (Å²) in [6, 6.07) is 6.15. The van der Waals surface area contributed by atoms with Crippen molar-refractivity contribution >= 4 is 11.0 Å². The van der Waals surface area contributed by atoms with Gasteiger partial charge < -0.3 is 19.7 Å². The predicted octanol–water partition coefficient (Wildman–Crippen LogP) is 3.19. The summed E-state index contributed by atoms with van der Waals surface area (Å²) >= 11 is 0. The fourth-order valence-electron chi connectivity index (χ4n) is 2.33. The monoisotopic (exact) mass is 298 g/mol. The number of aromatic hydroxyl groups is 3. The molecule has 1 heterocycles. The van der Waals surface area contributed by atoms with Crippen LogP contribution in [0, 0.1) is 13.8 Å². The minimum atomic E-state index is -0.426. The largest absolute Gasteiger partial charge is 0.508 e. The van der Waals surface area contributed by atoms with Crippen LogP contribution in [0.2, 0.25) is 0 Å². The molecule has 0 fully saturated rings. The van der Waals surface area contributed by atoms with Gasteiger partial charge in [0, 0.05) is 11.6 Å². The summed E-state index contributed by atoms with van der Waals surface area (Å²) in [6.07, 6.45) is 1.25. The van der Waals surface area contributed by atoms with Crippen LogP contribution < -0.4 is 5.43 Å². The molecule has 22 heavy (non-hydrogen) atoms.